The standard InChI is InChI=1S/C20H19FIN3O2/c21-14-1-5-16(6-2-14)23-9-11-24(12-10-23)18-13-19(26)25(20(18)27)17-7-3-15(22)4-8-17/h1-8,18H,9-13H2/p+1/t18-/m1/s1. The first-order valence-corrected chi connectivity index (χ1v) is 10.1. The van der Waals surface area contributed by atoms with E-state index in [-0.39, 0.29) is 30.1 Å². The van der Waals surface area contributed by atoms with Crippen LogP contribution in [0, 0.1) is 9.39 Å². The van der Waals surface area contributed by atoms with Gasteiger partial charge >= 0.3 is 0 Å². The first-order valence-electron chi connectivity index (χ1n) is 9.00. The number of carbonyl (C=O) groups is 2. The van der Waals surface area contributed by atoms with Gasteiger partial charge in [-0.25, -0.2) is 9.29 Å². The fourth-order valence-electron chi connectivity index (χ4n) is 3.86. The highest BCUT2D eigenvalue weighted by atomic mass is 127. The number of hydrogen-bond acceptors (Lipinski definition) is 3. The molecule has 2 saturated heterocycles. The van der Waals surface area contributed by atoms with E-state index in [1.54, 1.807) is 12.1 Å². The molecule has 2 amide bonds. The lowest BCUT2D eigenvalue weighted by atomic mass is 10.1. The van der Waals surface area contributed by atoms with Crippen LogP contribution in [-0.2, 0) is 9.59 Å². The molecule has 2 aliphatic rings. The van der Waals surface area contributed by atoms with Gasteiger partial charge in [0.1, 0.15) is 5.82 Å². The Morgan fingerprint density at radius 2 is 1.52 bits per heavy atom. The Morgan fingerprint density at radius 3 is 2.15 bits per heavy atom. The van der Waals surface area contributed by atoms with E-state index in [4.69, 9.17) is 0 Å². The van der Waals surface area contributed by atoms with Crippen LogP contribution < -0.4 is 14.7 Å². The second kappa shape index (κ2) is 7.55. The van der Waals surface area contributed by atoms with Crippen LogP contribution in [0.15, 0.2) is 48.5 Å². The Bertz CT molecular complexity index is 849. The number of quaternary nitrogens is 1. The van der Waals surface area contributed by atoms with E-state index < -0.39 is 0 Å². The van der Waals surface area contributed by atoms with Crippen molar-refractivity contribution in [2.24, 2.45) is 0 Å². The van der Waals surface area contributed by atoms with Gasteiger partial charge in [-0.3, -0.25) is 9.59 Å². The van der Waals surface area contributed by atoms with Crippen molar-refractivity contribution in [1.29, 1.82) is 0 Å². The van der Waals surface area contributed by atoms with Crippen LogP contribution in [0.2, 0.25) is 0 Å². The molecule has 2 fully saturated rings. The van der Waals surface area contributed by atoms with Crippen molar-refractivity contribution in [2.75, 3.05) is 36.0 Å². The summed E-state index contributed by atoms with van der Waals surface area (Å²) in [4.78, 5) is 30.1. The minimum absolute atomic E-state index is 0.105. The van der Waals surface area contributed by atoms with E-state index in [0.29, 0.717) is 5.69 Å². The van der Waals surface area contributed by atoms with Crippen LogP contribution in [0.5, 0.6) is 0 Å². The summed E-state index contributed by atoms with van der Waals surface area (Å²) in [5.74, 6) is -0.472. The monoisotopic (exact) mass is 480 g/mol. The van der Waals surface area contributed by atoms with Gasteiger partial charge in [-0.15, -0.1) is 0 Å². The summed E-state index contributed by atoms with van der Waals surface area (Å²) in [5, 5.41) is 0. The quantitative estimate of drug-likeness (QED) is 0.535. The number of anilines is 2. The fraction of sp³-hybridized carbons (Fsp3) is 0.300. The van der Waals surface area contributed by atoms with Gasteiger partial charge in [-0.2, -0.15) is 0 Å². The molecule has 5 nitrogen and oxygen atoms in total. The number of amides is 2. The summed E-state index contributed by atoms with van der Waals surface area (Å²) >= 11 is 2.20. The number of nitrogens with one attached hydrogen (secondary N) is 1. The molecule has 0 saturated carbocycles. The van der Waals surface area contributed by atoms with Crippen molar-refractivity contribution in [3.63, 3.8) is 0 Å². The molecule has 0 aromatic heterocycles. The smallest absolute Gasteiger partial charge is 0.292 e. The molecule has 0 unspecified atom stereocenters. The highest BCUT2D eigenvalue weighted by Gasteiger charge is 2.46. The van der Waals surface area contributed by atoms with Gasteiger partial charge in [0.05, 0.1) is 38.3 Å². The van der Waals surface area contributed by atoms with Gasteiger partial charge in [0, 0.05) is 9.26 Å². The maximum atomic E-state index is 13.1. The van der Waals surface area contributed by atoms with E-state index >= 15 is 0 Å². The molecule has 140 valence electrons. The topological polar surface area (TPSA) is 45.1 Å². The van der Waals surface area contributed by atoms with Gasteiger partial charge in [0.2, 0.25) is 5.91 Å². The maximum absolute atomic E-state index is 13.1. The third kappa shape index (κ3) is 3.70. The van der Waals surface area contributed by atoms with E-state index in [1.165, 1.54) is 17.0 Å². The number of imide groups is 1. The molecule has 7 heteroatoms. The molecule has 2 aromatic carbocycles. The molecule has 1 atom stereocenters. The van der Waals surface area contributed by atoms with E-state index in [9.17, 15) is 14.0 Å². The van der Waals surface area contributed by atoms with Crippen LogP contribution in [0.3, 0.4) is 0 Å². The minimum Gasteiger partial charge on any atom is -0.360 e. The molecule has 2 aromatic rings. The number of hydrogen-bond donors (Lipinski definition) is 1. The van der Waals surface area contributed by atoms with E-state index in [0.717, 1.165) is 40.3 Å². The zero-order valence-electron chi connectivity index (χ0n) is 14.7. The summed E-state index contributed by atoms with van der Waals surface area (Å²) in [7, 11) is 0. The normalized spacial score (nSPS) is 21.2. The maximum Gasteiger partial charge on any atom is 0.292 e. The van der Waals surface area contributed by atoms with Crippen molar-refractivity contribution in [1.82, 2.24) is 0 Å². The zero-order valence-corrected chi connectivity index (χ0v) is 16.9. The summed E-state index contributed by atoms with van der Waals surface area (Å²) in [6.07, 6.45) is 0.261. The average molecular weight is 480 g/mol. The summed E-state index contributed by atoms with van der Waals surface area (Å²) < 4.78 is 14.2. The summed E-state index contributed by atoms with van der Waals surface area (Å²) in [5.41, 5.74) is 1.64. The lowest BCUT2D eigenvalue weighted by Crippen LogP contribution is -3.19. The third-order valence-electron chi connectivity index (χ3n) is 5.32. The van der Waals surface area contributed by atoms with Crippen molar-refractivity contribution in [3.8, 4) is 0 Å². The van der Waals surface area contributed by atoms with Crippen molar-refractivity contribution < 1.29 is 18.9 Å². The number of rotatable bonds is 3. The molecule has 0 radical (unpaired) electrons. The Labute approximate surface area is 170 Å². The Morgan fingerprint density at radius 1 is 0.926 bits per heavy atom. The van der Waals surface area contributed by atoms with Gasteiger partial charge in [0.25, 0.3) is 5.91 Å². The predicted molar refractivity (Wildman–Crippen MR) is 109 cm³/mol. The summed E-state index contributed by atoms with van der Waals surface area (Å²) in [6.45, 7) is 3.12. The van der Waals surface area contributed by atoms with Gasteiger partial charge in [-0.05, 0) is 71.1 Å². The second-order valence-corrected chi connectivity index (χ2v) is 8.17. The first kappa shape index (κ1) is 18.4. The lowest BCUT2D eigenvalue weighted by molar-refractivity contribution is -0.915. The van der Waals surface area contributed by atoms with Crippen LogP contribution in [-0.4, -0.2) is 44.0 Å². The Hall–Kier alpha value is -2.00. The van der Waals surface area contributed by atoms with Crippen LogP contribution in [0.25, 0.3) is 0 Å². The van der Waals surface area contributed by atoms with Crippen LogP contribution in [0.1, 0.15) is 6.42 Å². The number of benzene rings is 2. The number of nitrogens with zero attached hydrogens (tertiary/aromatic N) is 2. The predicted octanol–water partition coefficient (Wildman–Crippen LogP) is 1.47. The van der Waals surface area contributed by atoms with Crippen molar-refractivity contribution >= 4 is 45.8 Å². The van der Waals surface area contributed by atoms with E-state index in [2.05, 4.69) is 27.5 Å². The van der Waals surface area contributed by atoms with Crippen LogP contribution >= 0.6 is 22.6 Å². The van der Waals surface area contributed by atoms with Gasteiger partial charge in [0.15, 0.2) is 6.04 Å². The molecule has 0 spiro atoms. The highest BCUT2D eigenvalue weighted by Crippen LogP contribution is 2.23. The van der Waals surface area contributed by atoms with E-state index in [1.807, 2.05) is 24.3 Å². The second-order valence-electron chi connectivity index (χ2n) is 6.92. The number of halogens is 2. The van der Waals surface area contributed by atoms with Gasteiger partial charge < -0.3 is 9.80 Å². The molecule has 0 aliphatic carbocycles. The molecule has 4 rings (SSSR count). The number of piperazine rings is 1. The molecular formula is C20H20FIN3O2+. The highest BCUT2D eigenvalue weighted by molar-refractivity contribution is 14.1. The first-order chi connectivity index (χ1) is 13.0. The molecule has 1 N–H and O–H groups in total. The SMILES string of the molecule is O=C1C[C@@H]([NH+]2CCN(c3ccc(F)cc3)CC2)C(=O)N1c1ccc(I)cc1. The molecule has 0 bridgehead atoms. The van der Waals surface area contributed by atoms with Gasteiger partial charge in [-0.1, -0.05) is 0 Å². The summed E-state index contributed by atoms with van der Waals surface area (Å²) in [6, 6.07) is 13.6. The Balaban J connectivity index is 1.43. The van der Waals surface area contributed by atoms with Crippen molar-refractivity contribution in [3.05, 3.63) is 57.9 Å². The van der Waals surface area contributed by atoms with Crippen LogP contribution in [0.4, 0.5) is 15.8 Å². The molecular weight excluding hydrogens is 460 g/mol. The third-order valence-corrected chi connectivity index (χ3v) is 6.04. The molecule has 2 aliphatic heterocycles. The average Bonchev–Trinajstić information content (AvgIpc) is 2.98. The zero-order chi connectivity index (χ0) is 19.0. The minimum atomic E-state index is -0.313. The number of carbonyl (C=O) groups excluding carboxylic acids is 2. The molecule has 2 heterocycles. The Kier molecular flexibility index (Phi) is 5.14. The lowest BCUT2D eigenvalue weighted by Gasteiger charge is -2.35. The largest absolute Gasteiger partial charge is 0.360 e. The molecule has 27 heavy (non-hydrogen) atoms. The fourth-order valence-corrected chi connectivity index (χ4v) is 4.22. The van der Waals surface area contributed by atoms with Crippen molar-refractivity contribution in [2.45, 2.75) is 12.5 Å².